The van der Waals surface area contributed by atoms with E-state index < -0.39 is 10.1 Å². The third-order valence-electron chi connectivity index (χ3n) is 6.69. The molecule has 0 amide bonds. The van der Waals surface area contributed by atoms with Gasteiger partial charge in [-0.25, -0.2) is 8.78 Å². The summed E-state index contributed by atoms with van der Waals surface area (Å²) in [7, 11) is -4.02. The van der Waals surface area contributed by atoms with Crippen molar-refractivity contribution in [2.45, 2.75) is 56.6 Å². The second-order valence-corrected chi connectivity index (χ2v) is 11.3. The Balaban J connectivity index is 0.000000352. The van der Waals surface area contributed by atoms with Crippen molar-refractivity contribution in [3.05, 3.63) is 101 Å². The molecule has 3 aromatic carbocycles. The number of carbonyl (C=O) groups is 1. The van der Waals surface area contributed by atoms with E-state index in [0.29, 0.717) is 13.0 Å². The molecule has 1 N–H and O–H groups in total. The van der Waals surface area contributed by atoms with Crippen LogP contribution in [0.5, 0.6) is 0 Å². The van der Waals surface area contributed by atoms with Crippen molar-refractivity contribution in [1.82, 2.24) is 4.90 Å². The minimum absolute atomic E-state index is 0.0615. The van der Waals surface area contributed by atoms with E-state index in [1.54, 1.807) is 36.4 Å². The predicted octanol–water partition coefficient (Wildman–Crippen LogP) is 6.12. The Morgan fingerprint density at radius 2 is 1.44 bits per heavy atom. The van der Waals surface area contributed by atoms with Gasteiger partial charge in [0.2, 0.25) is 0 Å². The highest BCUT2D eigenvalue weighted by Crippen LogP contribution is 2.30. The highest BCUT2D eigenvalue weighted by atomic mass is 32.2. The molecule has 3 aromatic rings. The van der Waals surface area contributed by atoms with Gasteiger partial charge in [0.15, 0.2) is 0 Å². The van der Waals surface area contributed by atoms with Crippen molar-refractivity contribution < 1.29 is 36.0 Å². The van der Waals surface area contributed by atoms with Gasteiger partial charge in [0.25, 0.3) is 10.1 Å². The molecule has 0 bridgehead atoms. The monoisotopic (exact) mass is 589 g/mol. The van der Waals surface area contributed by atoms with Crippen LogP contribution in [0.4, 0.5) is 8.78 Å². The number of halogens is 2. The zero-order chi connectivity index (χ0) is 29.8. The van der Waals surface area contributed by atoms with E-state index in [4.69, 9.17) is 14.0 Å². The van der Waals surface area contributed by atoms with E-state index in [-0.39, 0.29) is 34.7 Å². The Labute approximate surface area is 240 Å². The Bertz CT molecular complexity index is 1280. The minimum Gasteiger partial charge on any atom is -0.466 e. The van der Waals surface area contributed by atoms with Crippen LogP contribution in [0, 0.1) is 18.6 Å². The summed E-state index contributed by atoms with van der Waals surface area (Å²) in [6.07, 6.45) is 2.67. The number of nitrogens with zero attached hydrogens (tertiary/aromatic N) is 1. The van der Waals surface area contributed by atoms with Gasteiger partial charge in [0.1, 0.15) is 17.7 Å². The number of carbonyl (C=O) groups excluding carboxylic acids is 1. The first-order chi connectivity index (χ1) is 19.5. The van der Waals surface area contributed by atoms with Crippen molar-refractivity contribution in [2.75, 3.05) is 26.2 Å². The number of benzene rings is 3. The fourth-order valence-corrected chi connectivity index (χ4v) is 4.96. The zero-order valence-corrected chi connectivity index (χ0v) is 24.2. The van der Waals surface area contributed by atoms with E-state index >= 15 is 0 Å². The second-order valence-electron chi connectivity index (χ2n) is 9.86. The lowest BCUT2D eigenvalue weighted by Gasteiger charge is -2.34. The first-order valence-corrected chi connectivity index (χ1v) is 15.1. The summed E-state index contributed by atoms with van der Waals surface area (Å²) < 4.78 is 67.7. The summed E-state index contributed by atoms with van der Waals surface area (Å²) in [5.74, 6) is -0.738. The van der Waals surface area contributed by atoms with Crippen LogP contribution in [0.2, 0.25) is 0 Å². The standard InChI is InChI=1S/C24H29F2NO3.C7H8O3S/c1-2-29-23(28)4-3-15-27-16-13-22(14-17-27)30-24(18-5-9-20(25)10-6-18)19-7-11-21(26)12-8-19;1-6-2-4-7(5-3-6)11(8,9)10/h5-12,22,24H,2-4,13-17H2,1H3;2-5H,1H3,(H,8,9,10). The predicted molar refractivity (Wildman–Crippen MR) is 152 cm³/mol. The van der Waals surface area contributed by atoms with Crippen molar-refractivity contribution in [2.24, 2.45) is 0 Å². The van der Waals surface area contributed by atoms with E-state index in [1.807, 2.05) is 13.8 Å². The second kappa shape index (κ2) is 15.7. The molecular formula is C31H37F2NO6S. The molecule has 0 spiro atoms. The fraction of sp³-hybridized carbons (Fsp3) is 0.387. The van der Waals surface area contributed by atoms with Gasteiger partial charge in [0.05, 0.1) is 17.6 Å². The van der Waals surface area contributed by atoms with Crippen LogP contribution in [0.15, 0.2) is 77.7 Å². The lowest BCUT2D eigenvalue weighted by molar-refractivity contribution is -0.143. The molecule has 1 heterocycles. The van der Waals surface area contributed by atoms with Crippen molar-refractivity contribution >= 4 is 16.1 Å². The Morgan fingerprint density at radius 3 is 1.90 bits per heavy atom. The SMILES string of the molecule is CCOC(=O)CCCN1CCC(OC(c2ccc(F)cc2)c2ccc(F)cc2)CC1.Cc1ccc(S(=O)(=O)O)cc1. The third-order valence-corrected chi connectivity index (χ3v) is 7.56. The highest BCUT2D eigenvalue weighted by molar-refractivity contribution is 7.85. The molecule has 41 heavy (non-hydrogen) atoms. The molecule has 7 nitrogen and oxygen atoms in total. The molecule has 222 valence electrons. The smallest absolute Gasteiger partial charge is 0.305 e. The van der Waals surface area contributed by atoms with E-state index in [2.05, 4.69) is 4.90 Å². The van der Waals surface area contributed by atoms with Crippen LogP contribution in [-0.4, -0.2) is 56.2 Å². The molecule has 0 unspecified atom stereocenters. The van der Waals surface area contributed by atoms with Gasteiger partial charge < -0.3 is 14.4 Å². The minimum atomic E-state index is -4.02. The van der Waals surface area contributed by atoms with Crippen LogP contribution >= 0.6 is 0 Å². The average Bonchev–Trinajstić information content (AvgIpc) is 2.94. The molecule has 0 aliphatic carbocycles. The molecule has 4 rings (SSSR count). The number of likely N-dealkylation sites (tertiary alicyclic amines) is 1. The van der Waals surface area contributed by atoms with Crippen LogP contribution in [0.3, 0.4) is 0 Å². The first-order valence-electron chi connectivity index (χ1n) is 13.6. The molecule has 0 radical (unpaired) electrons. The third kappa shape index (κ3) is 11.0. The molecule has 1 saturated heterocycles. The average molecular weight is 590 g/mol. The van der Waals surface area contributed by atoms with Gasteiger partial charge in [0, 0.05) is 19.5 Å². The lowest BCUT2D eigenvalue weighted by Crippen LogP contribution is -2.38. The normalized spacial score (nSPS) is 14.4. The number of piperidine rings is 1. The van der Waals surface area contributed by atoms with Crippen LogP contribution < -0.4 is 0 Å². The summed E-state index contributed by atoms with van der Waals surface area (Å²) in [4.78, 5) is 13.7. The molecule has 1 aliphatic rings. The number of hydrogen-bond acceptors (Lipinski definition) is 6. The Kier molecular flexibility index (Phi) is 12.4. The van der Waals surface area contributed by atoms with Crippen molar-refractivity contribution in [3.63, 3.8) is 0 Å². The van der Waals surface area contributed by atoms with Gasteiger partial charge in [-0.15, -0.1) is 0 Å². The molecule has 1 aliphatic heterocycles. The number of rotatable bonds is 10. The molecule has 0 aromatic heterocycles. The lowest BCUT2D eigenvalue weighted by atomic mass is 10.00. The maximum atomic E-state index is 13.4. The topological polar surface area (TPSA) is 93.1 Å². The molecule has 10 heteroatoms. The van der Waals surface area contributed by atoms with Crippen molar-refractivity contribution in [3.8, 4) is 0 Å². The van der Waals surface area contributed by atoms with Crippen LogP contribution in [-0.2, 0) is 24.4 Å². The summed E-state index contributed by atoms with van der Waals surface area (Å²) in [5, 5.41) is 0. The Morgan fingerprint density at radius 1 is 0.927 bits per heavy atom. The maximum absolute atomic E-state index is 13.4. The van der Waals surface area contributed by atoms with Gasteiger partial charge in [-0.1, -0.05) is 42.0 Å². The summed E-state index contributed by atoms with van der Waals surface area (Å²) in [5.41, 5.74) is 2.65. The quantitative estimate of drug-likeness (QED) is 0.225. The molecule has 0 atom stereocenters. The fourth-order valence-electron chi connectivity index (χ4n) is 4.48. The van der Waals surface area contributed by atoms with E-state index in [9.17, 15) is 22.0 Å². The maximum Gasteiger partial charge on any atom is 0.305 e. The Hall–Kier alpha value is -3.18. The van der Waals surface area contributed by atoms with Gasteiger partial charge in [-0.2, -0.15) is 8.42 Å². The first kappa shape index (κ1) is 32.3. The van der Waals surface area contributed by atoms with Crippen molar-refractivity contribution in [1.29, 1.82) is 0 Å². The van der Waals surface area contributed by atoms with Gasteiger partial charge in [-0.05, 0) is 87.2 Å². The largest absolute Gasteiger partial charge is 0.466 e. The number of esters is 1. The summed E-state index contributed by atoms with van der Waals surface area (Å²) in [6, 6.07) is 18.5. The number of hydrogen-bond donors (Lipinski definition) is 1. The number of aryl methyl sites for hydroxylation is 1. The molecular weight excluding hydrogens is 552 g/mol. The van der Waals surface area contributed by atoms with Crippen LogP contribution in [0.25, 0.3) is 0 Å². The molecule has 0 saturated carbocycles. The number of ether oxygens (including phenoxy) is 2. The van der Waals surface area contributed by atoms with E-state index in [1.165, 1.54) is 36.4 Å². The highest BCUT2D eigenvalue weighted by Gasteiger charge is 2.25. The van der Waals surface area contributed by atoms with Gasteiger partial charge >= 0.3 is 5.97 Å². The zero-order valence-electron chi connectivity index (χ0n) is 23.3. The van der Waals surface area contributed by atoms with Crippen LogP contribution in [0.1, 0.15) is 55.4 Å². The summed E-state index contributed by atoms with van der Waals surface area (Å²) in [6.45, 7) is 6.73. The molecule has 1 fully saturated rings. The van der Waals surface area contributed by atoms with Gasteiger partial charge in [-0.3, -0.25) is 9.35 Å². The van der Waals surface area contributed by atoms with E-state index in [0.717, 1.165) is 55.6 Å². The summed E-state index contributed by atoms with van der Waals surface area (Å²) >= 11 is 0.